The minimum Gasteiger partial charge on any atom is -0.397 e. The molecule has 0 fully saturated rings. The van der Waals surface area contributed by atoms with Crippen molar-refractivity contribution in [3.8, 4) is 0 Å². The highest BCUT2D eigenvalue weighted by molar-refractivity contribution is 9.10. The predicted octanol–water partition coefficient (Wildman–Crippen LogP) is 5.10. The molecule has 0 saturated carbocycles. The van der Waals surface area contributed by atoms with Crippen LogP contribution in [0, 0.1) is 6.92 Å². The lowest BCUT2D eigenvalue weighted by molar-refractivity contribution is -0.137. The number of hydrogen-bond acceptors (Lipinski definition) is 2. The summed E-state index contributed by atoms with van der Waals surface area (Å²) in [5.74, 6) is 0. The van der Waals surface area contributed by atoms with Crippen molar-refractivity contribution in [3.05, 3.63) is 52.0 Å². The highest BCUT2D eigenvalue weighted by Crippen LogP contribution is 2.35. The molecule has 2 nitrogen and oxygen atoms in total. The molecule has 6 heteroatoms. The van der Waals surface area contributed by atoms with Crippen molar-refractivity contribution in [1.29, 1.82) is 0 Å². The van der Waals surface area contributed by atoms with E-state index in [0.717, 1.165) is 27.9 Å². The average Bonchev–Trinajstić information content (AvgIpc) is 2.33. The summed E-state index contributed by atoms with van der Waals surface area (Å²) in [7, 11) is 0. The lowest BCUT2D eigenvalue weighted by atomic mass is 10.1. The van der Waals surface area contributed by atoms with Gasteiger partial charge < -0.3 is 11.1 Å². The van der Waals surface area contributed by atoms with Crippen molar-refractivity contribution in [2.75, 3.05) is 11.1 Å². The van der Waals surface area contributed by atoms with E-state index in [1.807, 2.05) is 25.1 Å². The number of alkyl halides is 3. The number of nitrogen functional groups attached to an aromatic ring is 1. The molecule has 106 valence electrons. The Morgan fingerprint density at radius 1 is 1.05 bits per heavy atom. The lowest BCUT2D eigenvalue weighted by Gasteiger charge is -2.14. The van der Waals surface area contributed by atoms with Crippen LogP contribution in [-0.2, 0) is 6.18 Å². The number of benzene rings is 2. The van der Waals surface area contributed by atoms with Crippen molar-refractivity contribution in [2.45, 2.75) is 13.1 Å². The first-order valence-corrected chi connectivity index (χ1v) is 6.56. The van der Waals surface area contributed by atoms with E-state index in [-0.39, 0.29) is 5.69 Å². The van der Waals surface area contributed by atoms with Gasteiger partial charge in [-0.05, 0) is 58.7 Å². The zero-order valence-corrected chi connectivity index (χ0v) is 12.1. The van der Waals surface area contributed by atoms with Crippen molar-refractivity contribution in [3.63, 3.8) is 0 Å². The molecular formula is C14H12BrF3N2. The summed E-state index contributed by atoms with van der Waals surface area (Å²) in [5, 5.41) is 3.01. The molecule has 2 rings (SSSR count). The maximum Gasteiger partial charge on any atom is 0.416 e. The highest BCUT2D eigenvalue weighted by atomic mass is 79.9. The van der Waals surface area contributed by atoms with Crippen molar-refractivity contribution >= 4 is 33.0 Å². The van der Waals surface area contributed by atoms with Gasteiger partial charge in [0.2, 0.25) is 0 Å². The fourth-order valence-electron chi connectivity index (χ4n) is 1.72. The third-order valence-corrected chi connectivity index (χ3v) is 3.43. The molecule has 0 aromatic heterocycles. The molecule has 0 bridgehead atoms. The summed E-state index contributed by atoms with van der Waals surface area (Å²) in [6.07, 6.45) is -4.39. The summed E-state index contributed by atoms with van der Waals surface area (Å²) >= 11 is 3.39. The maximum atomic E-state index is 12.6. The molecule has 20 heavy (non-hydrogen) atoms. The normalized spacial score (nSPS) is 11.4. The van der Waals surface area contributed by atoms with Gasteiger partial charge in [0.25, 0.3) is 0 Å². The van der Waals surface area contributed by atoms with Gasteiger partial charge in [0, 0.05) is 4.47 Å². The molecule has 0 unspecified atom stereocenters. The minimum atomic E-state index is -4.39. The second-order valence-electron chi connectivity index (χ2n) is 4.41. The van der Waals surface area contributed by atoms with Crippen LogP contribution in [0.4, 0.5) is 30.2 Å². The Kier molecular flexibility index (Phi) is 3.94. The van der Waals surface area contributed by atoms with Crippen LogP contribution in [0.1, 0.15) is 11.1 Å². The molecule has 0 aliphatic rings. The Labute approximate surface area is 122 Å². The van der Waals surface area contributed by atoms with Gasteiger partial charge in [-0.1, -0.05) is 6.07 Å². The molecule has 3 N–H and O–H groups in total. The van der Waals surface area contributed by atoms with E-state index in [1.165, 1.54) is 6.07 Å². The van der Waals surface area contributed by atoms with Gasteiger partial charge in [-0.3, -0.25) is 0 Å². The van der Waals surface area contributed by atoms with Crippen LogP contribution in [0.5, 0.6) is 0 Å². The van der Waals surface area contributed by atoms with E-state index in [0.29, 0.717) is 5.69 Å². The summed E-state index contributed by atoms with van der Waals surface area (Å²) in [5.41, 5.74) is 7.20. The van der Waals surface area contributed by atoms with Gasteiger partial charge in [0.1, 0.15) is 0 Å². The third kappa shape index (κ3) is 3.25. The molecule has 0 aliphatic heterocycles. The van der Waals surface area contributed by atoms with E-state index < -0.39 is 11.7 Å². The quantitative estimate of drug-likeness (QED) is 0.743. The van der Waals surface area contributed by atoms with Crippen molar-refractivity contribution in [2.24, 2.45) is 0 Å². The molecular weight excluding hydrogens is 333 g/mol. The van der Waals surface area contributed by atoms with Gasteiger partial charge in [0.15, 0.2) is 0 Å². The number of nitrogens with one attached hydrogen (secondary N) is 1. The van der Waals surface area contributed by atoms with Crippen molar-refractivity contribution in [1.82, 2.24) is 0 Å². The second kappa shape index (κ2) is 5.36. The standard InChI is InChI=1S/C14H12BrF3N2/c1-8-2-4-12(10(15)6-8)20-13-5-3-9(7-11(13)19)14(16,17)18/h2-7,20H,19H2,1H3. The van der Waals surface area contributed by atoms with Crippen LogP contribution in [0.2, 0.25) is 0 Å². The molecule has 0 heterocycles. The predicted molar refractivity (Wildman–Crippen MR) is 78.0 cm³/mol. The maximum absolute atomic E-state index is 12.6. The zero-order valence-electron chi connectivity index (χ0n) is 10.6. The van der Waals surface area contributed by atoms with E-state index in [1.54, 1.807) is 0 Å². The first-order valence-electron chi connectivity index (χ1n) is 5.77. The van der Waals surface area contributed by atoms with Crippen LogP contribution < -0.4 is 11.1 Å². The molecule has 0 amide bonds. The molecule has 0 atom stereocenters. The Balaban J connectivity index is 2.30. The highest BCUT2D eigenvalue weighted by Gasteiger charge is 2.30. The Morgan fingerprint density at radius 2 is 1.70 bits per heavy atom. The fourth-order valence-corrected chi connectivity index (χ4v) is 2.31. The van der Waals surface area contributed by atoms with E-state index >= 15 is 0 Å². The number of nitrogens with two attached hydrogens (primary N) is 1. The molecule has 0 radical (unpaired) electrons. The van der Waals surface area contributed by atoms with Crippen molar-refractivity contribution < 1.29 is 13.2 Å². The second-order valence-corrected chi connectivity index (χ2v) is 5.26. The number of hydrogen-bond donors (Lipinski definition) is 2. The molecule has 0 spiro atoms. The smallest absolute Gasteiger partial charge is 0.397 e. The number of aryl methyl sites for hydroxylation is 1. The first kappa shape index (κ1) is 14.7. The third-order valence-electron chi connectivity index (χ3n) is 2.77. The Morgan fingerprint density at radius 3 is 2.25 bits per heavy atom. The van der Waals surface area contributed by atoms with Gasteiger partial charge in [-0.25, -0.2) is 0 Å². The summed E-state index contributed by atoms with van der Waals surface area (Å²) in [6, 6.07) is 8.88. The van der Waals surface area contributed by atoms with Gasteiger partial charge in [-0.2, -0.15) is 13.2 Å². The topological polar surface area (TPSA) is 38.0 Å². The van der Waals surface area contributed by atoms with Crippen LogP contribution in [0.15, 0.2) is 40.9 Å². The average molecular weight is 345 g/mol. The summed E-state index contributed by atoms with van der Waals surface area (Å²) < 4.78 is 38.5. The molecule has 2 aromatic rings. The largest absolute Gasteiger partial charge is 0.416 e. The number of rotatable bonds is 2. The molecule has 0 saturated heterocycles. The van der Waals surface area contributed by atoms with Crippen LogP contribution in [0.25, 0.3) is 0 Å². The van der Waals surface area contributed by atoms with Gasteiger partial charge in [0.05, 0.1) is 22.6 Å². The zero-order chi connectivity index (χ0) is 14.9. The first-order chi connectivity index (χ1) is 9.27. The van der Waals surface area contributed by atoms with E-state index in [2.05, 4.69) is 21.2 Å². The number of halogens is 4. The fraction of sp³-hybridized carbons (Fsp3) is 0.143. The lowest BCUT2D eigenvalue weighted by Crippen LogP contribution is -2.06. The van der Waals surface area contributed by atoms with Gasteiger partial charge >= 0.3 is 6.18 Å². The van der Waals surface area contributed by atoms with Crippen LogP contribution >= 0.6 is 15.9 Å². The van der Waals surface area contributed by atoms with E-state index in [9.17, 15) is 13.2 Å². The van der Waals surface area contributed by atoms with Gasteiger partial charge in [-0.15, -0.1) is 0 Å². The molecule has 0 aliphatic carbocycles. The van der Waals surface area contributed by atoms with Crippen LogP contribution in [0.3, 0.4) is 0 Å². The Bertz CT molecular complexity index is 639. The van der Waals surface area contributed by atoms with Crippen LogP contribution in [-0.4, -0.2) is 0 Å². The summed E-state index contributed by atoms with van der Waals surface area (Å²) in [4.78, 5) is 0. The Hall–Kier alpha value is -1.69. The molecule has 2 aromatic carbocycles. The van der Waals surface area contributed by atoms with E-state index in [4.69, 9.17) is 5.73 Å². The SMILES string of the molecule is Cc1ccc(Nc2ccc(C(F)(F)F)cc2N)c(Br)c1. The monoisotopic (exact) mass is 344 g/mol. The minimum absolute atomic E-state index is 0.0484. The summed E-state index contributed by atoms with van der Waals surface area (Å²) in [6.45, 7) is 1.95. The number of anilines is 3.